The Labute approximate surface area is 98.9 Å². The van der Waals surface area contributed by atoms with Gasteiger partial charge in [0.15, 0.2) is 0 Å². The molecule has 0 fully saturated rings. The van der Waals surface area contributed by atoms with Crippen molar-refractivity contribution in [2.24, 2.45) is 7.05 Å². The highest BCUT2D eigenvalue weighted by atomic mass is 32.2. The quantitative estimate of drug-likeness (QED) is 0.865. The summed E-state index contributed by atoms with van der Waals surface area (Å²) >= 11 is 1.60. The Kier molecular flexibility index (Phi) is 2.87. The molecule has 0 atom stereocenters. The van der Waals surface area contributed by atoms with Crippen LogP contribution < -0.4 is 5.73 Å². The van der Waals surface area contributed by atoms with Crippen LogP contribution >= 0.6 is 11.8 Å². The number of anilines is 1. The Morgan fingerprint density at radius 2 is 2.06 bits per heavy atom. The first-order valence-corrected chi connectivity index (χ1v) is 5.78. The van der Waals surface area contributed by atoms with E-state index in [4.69, 9.17) is 5.73 Å². The maximum atomic E-state index is 5.67. The summed E-state index contributed by atoms with van der Waals surface area (Å²) < 4.78 is 1.86. The van der Waals surface area contributed by atoms with Crippen molar-refractivity contribution in [2.75, 3.05) is 5.73 Å². The number of pyridine rings is 1. The lowest BCUT2D eigenvalue weighted by atomic mass is 10.3. The molecule has 0 saturated carbocycles. The maximum absolute atomic E-state index is 5.67. The van der Waals surface area contributed by atoms with E-state index in [0.717, 1.165) is 21.3 Å². The summed E-state index contributed by atoms with van der Waals surface area (Å²) in [7, 11) is 1.93. The Morgan fingerprint density at radius 3 is 2.62 bits per heavy atom. The van der Waals surface area contributed by atoms with E-state index >= 15 is 0 Å². The molecule has 0 radical (unpaired) electrons. The molecule has 0 unspecified atom stereocenters. The highest BCUT2D eigenvalue weighted by molar-refractivity contribution is 7.99. The fraction of sp³-hybridized carbons (Fsp3) is 0.273. The predicted octanol–water partition coefficient (Wildman–Crippen LogP) is 2.17. The van der Waals surface area contributed by atoms with Gasteiger partial charge >= 0.3 is 0 Å². The Bertz CT molecular complexity index is 519. The molecular formula is C11H14N4S. The number of nitrogen functional groups attached to an aromatic ring is 1. The molecule has 2 aromatic heterocycles. The van der Waals surface area contributed by atoms with Crippen LogP contribution in [-0.4, -0.2) is 14.8 Å². The summed E-state index contributed by atoms with van der Waals surface area (Å²) in [5, 5.41) is 6.35. The second-order valence-electron chi connectivity index (χ2n) is 3.74. The second-order valence-corrected chi connectivity index (χ2v) is 4.75. The van der Waals surface area contributed by atoms with Crippen LogP contribution in [0.25, 0.3) is 0 Å². The van der Waals surface area contributed by atoms with E-state index in [1.807, 2.05) is 37.7 Å². The fourth-order valence-electron chi connectivity index (χ4n) is 1.47. The first kappa shape index (κ1) is 11.0. The lowest BCUT2D eigenvalue weighted by molar-refractivity contribution is 0.692. The minimum absolute atomic E-state index is 0.697. The number of aryl methyl sites for hydroxylation is 3. The summed E-state index contributed by atoms with van der Waals surface area (Å²) in [5.41, 5.74) is 8.46. The lowest BCUT2D eigenvalue weighted by Gasteiger charge is -2.04. The SMILES string of the molecule is Cc1cc(Sc2ncc(N)cc2C)n(C)n1. The van der Waals surface area contributed by atoms with Gasteiger partial charge in [-0.25, -0.2) is 4.98 Å². The fourth-order valence-corrected chi connectivity index (χ4v) is 2.40. The Morgan fingerprint density at radius 1 is 1.31 bits per heavy atom. The van der Waals surface area contributed by atoms with E-state index in [-0.39, 0.29) is 0 Å². The van der Waals surface area contributed by atoms with E-state index in [2.05, 4.69) is 10.1 Å². The van der Waals surface area contributed by atoms with Crippen molar-refractivity contribution in [2.45, 2.75) is 23.9 Å². The van der Waals surface area contributed by atoms with Crippen LogP contribution in [0.3, 0.4) is 0 Å². The molecule has 2 rings (SSSR count). The van der Waals surface area contributed by atoms with Crippen molar-refractivity contribution < 1.29 is 0 Å². The second kappa shape index (κ2) is 4.17. The first-order valence-electron chi connectivity index (χ1n) is 4.97. The highest BCUT2D eigenvalue weighted by Crippen LogP contribution is 2.29. The highest BCUT2D eigenvalue weighted by Gasteiger charge is 2.07. The molecule has 0 aliphatic heterocycles. The first-order chi connectivity index (χ1) is 7.56. The minimum atomic E-state index is 0.697. The monoisotopic (exact) mass is 234 g/mol. The summed E-state index contributed by atoms with van der Waals surface area (Å²) in [6.45, 7) is 3.99. The molecule has 4 nitrogen and oxygen atoms in total. The normalized spacial score (nSPS) is 10.7. The van der Waals surface area contributed by atoms with E-state index in [1.54, 1.807) is 18.0 Å². The maximum Gasteiger partial charge on any atom is 0.105 e. The van der Waals surface area contributed by atoms with Crippen LogP contribution in [0.4, 0.5) is 5.69 Å². The lowest BCUT2D eigenvalue weighted by Crippen LogP contribution is -1.95. The van der Waals surface area contributed by atoms with Crippen molar-refractivity contribution >= 4 is 17.4 Å². The van der Waals surface area contributed by atoms with E-state index in [0.29, 0.717) is 5.69 Å². The van der Waals surface area contributed by atoms with Gasteiger partial charge in [0, 0.05) is 7.05 Å². The molecule has 2 aromatic rings. The van der Waals surface area contributed by atoms with Crippen molar-refractivity contribution in [3.8, 4) is 0 Å². The molecule has 0 saturated heterocycles. The van der Waals surface area contributed by atoms with Gasteiger partial charge in [0.05, 0.1) is 17.6 Å². The van der Waals surface area contributed by atoms with Gasteiger partial charge in [-0.3, -0.25) is 4.68 Å². The molecular weight excluding hydrogens is 220 g/mol. The van der Waals surface area contributed by atoms with E-state index in [9.17, 15) is 0 Å². The summed E-state index contributed by atoms with van der Waals surface area (Å²) in [5.74, 6) is 0. The summed E-state index contributed by atoms with van der Waals surface area (Å²) in [6, 6.07) is 3.97. The number of nitrogens with two attached hydrogens (primary N) is 1. The van der Waals surface area contributed by atoms with Crippen LogP contribution in [0, 0.1) is 13.8 Å². The van der Waals surface area contributed by atoms with Gasteiger partial charge in [-0.15, -0.1) is 0 Å². The predicted molar refractivity (Wildman–Crippen MR) is 65.5 cm³/mol. The number of hydrogen-bond acceptors (Lipinski definition) is 4. The van der Waals surface area contributed by atoms with E-state index < -0.39 is 0 Å². The van der Waals surface area contributed by atoms with Crippen LogP contribution in [0.2, 0.25) is 0 Å². The average Bonchev–Trinajstić information content (AvgIpc) is 2.50. The number of rotatable bonds is 2. The largest absolute Gasteiger partial charge is 0.397 e. The van der Waals surface area contributed by atoms with Crippen molar-refractivity contribution in [1.82, 2.24) is 14.8 Å². The van der Waals surface area contributed by atoms with Crippen molar-refractivity contribution in [3.05, 3.63) is 29.6 Å². The Balaban J connectivity index is 2.30. The molecule has 5 heteroatoms. The van der Waals surface area contributed by atoms with Gasteiger partial charge in [0.1, 0.15) is 10.1 Å². The third-order valence-electron chi connectivity index (χ3n) is 2.21. The summed E-state index contributed by atoms with van der Waals surface area (Å²) in [4.78, 5) is 4.32. The number of hydrogen-bond donors (Lipinski definition) is 1. The van der Waals surface area contributed by atoms with Crippen molar-refractivity contribution in [1.29, 1.82) is 0 Å². The molecule has 0 aliphatic rings. The van der Waals surface area contributed by atoms with Gasteiger partial charge in [-0.2, -0.15) is 5.10 Å². The number of aromatic nitrogens is 3. The average molecular weight is 234 g/mol. The third-order valence-corrected chi connectivity index (χ3v) is 3.42. The van der Waals surface area contributed by atoms with Gasteiger partial charge in [-0.05, 0) is 31.5 Å². The molecule has 0 bridgehead atoms. The molecule has 16 heavy (non-hydrogen) atoms. The standard InChI is InChI=1S/C11H14N4S/c1-7-4-9(12)6-13-11(7)16-10-5-8(2)14-15(10)3/h4-6H,12H2,1-3H3. The van der Waals surface area contributed by atoms with Crippen LogP contribution in [0.5, 0.6) is 0 Å². The zero-order valence-electron chi connectivity index (χ0n) is 9.56. The smallest absolute Gasteiger partial charge is 0.105 e. The third kappa shape index (κ3) is 2.19. The van der Waals surface area contributed by atoms with Gasteiger partial charge in [0.2, 0.25) is 0 Å². The molecule has 2 N–H and O–H groups in total. The van der Waals surface area contributed by atoms with Crippen LogP contribution in [-0.2, 0) is 7.05 Å². The molecule has 2 heterocycles. The summed E-state index contributed by atoms with van der Waals surface area (Å²) in [6.07, 6.45) is 1.68. The number of nitrogens with zero attached hydrogens (tertiary/aromatic N) is 3. The Hall–Kier alpha value is -1.49. The molecule has 0 aliphatic carbocycles. The molecule has 0 amide bonds. The molecule has 0 spiro atoms. The molecule has 84 valence electrons. The van der Waals surface area contributed by atoms with E-state index in [1.165, 1.54) is 0 Å². The molecule has 0 aromatic carbocycles. The minimum Gasteiger partial charge on any atom is -0.397 e. The zero-order valence-corrected chi connectivity index (χ0v) is 10.4. The van der Waals surface area contributed by atoms with Gasteiger partial charge in [0.25, 0.3) is 0 Å². The topological polar surface area (TPSA) is 56.7 Å². The van der Waals surface area contributed by atoms with Gasteiger partial charge in [-0.1, -0.05) is 11.8 Å². The van der Waals surface area contributed by atoms with Crippen LogP contribution in [0.1, 0.15) is 11.3 Å². The van der Waals surface area contributed by atoms with Crippen LogP contribution in [0.15, 0.2) is 28.4 Å². The zero-order chi connectivity index (χ0) is 11.7. The van der Waals surface area contributed by atoms with Gasteiger partial charge < -0.3 is 5.73 Å². The van der Waals surface area contributed by atoms with Crippen molar-refractivity contribution in [3.63, 3.8) is 0 Å².